The van der Waals surface area contributed by atoms with Crippen LogP contribution in [0.15, 0.2) is 89.8 Å². The van der Waals surface area contributed by atoms with Gasteiger partial charge in [0.2, 0.25) is 0 Å². The highest BCUT2D eigenvalue weighted by Gasteiger charge is 2.33. The van der Waals surface area contributed by atoms with Crippen molar-refractivity contribution in [3.05, 3.63) is 102 Å². The van der Waals surface area contributed by atoms with Gasteiger partial charge in [0.25, 0.3) is 0 Å². The van der Waals surface area contributed by atoms with Crippen molar-refractivity contribution >= 4 is 9.84 Å². The topological polar surface area (TPSA) is 34.1 Å². The van der Waals surface area contributed by atoms with E-state index in [0.717, 1.165) is 12.1 Å². The minimum absolute atomic E-state index is 0.119. The number of sulfone groups is 1. The van der Waals surface area contributed by atoms with Gasteiger partial charge < -0.3 is 0 Å². The molecule has 0 heterocycles. The number of halogens is 3. The molecule has 0 saturated carbocycles. The monoisotopic (exact) mass is 376 g/mol. The van der Waals surface area contributed by atoms with Crippen molar-refractivity contribution in [2.45, 2.75) is 16.3 Å². The van der Waals surface area contributed by atoms with Crippen LogP contribution in [0, 0.1) is 0 Å². The fourth-order valence-electron chi connectivity index (χ4n) is 2.77. The van der Waals surface area contributed by atoms with E-state index in [9.17, 15) is 21.6 Å². The number of benzene rings is 3. The van der Waals surface area contributed by atoms with E-state index in [2.05, 4.69) is 0 Å². The highest BCUT2D eigenvalue weighted by Crippen LogP contribution is 2.36. The van der Waals surface area contributed by atoms with Gasteiger partial charge in [-0.3, -0.25) is 0 Å². The molecule has 0 fully saturated rings. The van der Waals surface area contributed by atoms with Crippen LogP contribution in [-0.2, 0) is 16.0 Å². The molecule has 0 aliphatic heterocycles. The van der Waals surface area contributed by atoms with Gasteiger partial charge in [-0.05, 0) is 35.4 Å². The summed E-state index contributed by atoms with van der Waals surface area (Å²) in [6, 6.07) is 20.6. The van der Waals surface area contributed by atoms with Gasteiger partial charge in [-0.1, -0.05) is 60.7 Å². The summed E-state index contributed by atoms with van der Waals surface area (Å²) in [4.78, 5) is 0.119. The Balaban J connectivity index is 2.14. The summed E-state index contributed by atoms with van der Waals surface area (Å²) in [6.07, 6.45) is -4.47. The zero-order chi connectivity index (χ0) is 18.8. The van der Waals surface area contributed by atoms with Gasteiger partial charge in [0.05, 0.1) is 10.5 Å². The number of hydrogen-bond acceptors (Lipinski definition) is 2. The molecule has 0 saturated heterocycles. The SMILES string of the molecule is O=S(=O)(c1ccccc1)C(c1ccccc1)c1ccc(C(F)(F)F)cc1. The lowest BCUT2D eigenvalue weighted by Crippen LogP contribution is -2.16. The smallest absolute Gasteiger partial charge is 0.223 e. The molecule has 3 rings (SSSR count). The molecule has 134 valence electrons. The third kappa shape index (κ3) is 3.65. The van der Waals surface area contributed by atoms with Crippen molar-refractivity contribution in [2.24, 2.45) is 0 Å². The fraction of sp³-hybridized carbons (Fsp3) is 0.100. The van der Waals surface area contributed by atoms with Gasteiger partial charge in [0, 0.05) is 0 Å². The number of hydrogen-bond donors (Lipinski definition) is 0. The molecule has 0 spiro atoms. The second-order valence-electron chi connectivity index (χ2n) is 5.77. The standard InChI is InChI=1S/C20H15F3O2S/c21-20(22,23)17-13-11-16(12-14-17)19(15-7-3-1-4-8-15)26(24,25)18-9-5-2-6-10-18/h1-14,19H. The lowest BCUT2D eigenvalue weighted by atomic mass is 10.0. The largest absolute Gasteiger partial charge is 0.416 e. The normalized spacial score (nSPS) is 13.3. The van der Waals surface area contributed by atoms with Crippen molar-refractivity contribution in [2.75, 3.05) is 0 Å². The summed E-state index contributed by atoms with van der Waals surface area (Å²) in [6.45, 7) is 0. The molecule has 0 aliphatic carbocycles. The molecule has 0 bridgehead atoms. The van der Waals surface area contributed by atoms with Crippen molar-refractivity contribution in [1.29, 1.82) is 0 Å². The van der Waals surface area contributed by atoms with Gasteiger partial charge >= 0.3 is 6.18 Å². The maximum atomic E-state index is 13.2. The lowest BCUT2D eigenvalue weighted by Gasteiger charge is -2.19. The molecule has 0 radical (unpaired) electrons. The summed E-state index contributed by atoms with van der Waals surface area (Å²) >= 11 is 0. The summed E-state index contributed by atoms with van der Waals surface area (Å²) in [5.41, 5.74) is -0.0330. The molecule has 2 nitrogen and oxygen atoms in total. The zero-order valence-electron chi connectivity index (χ0n) is 13.5. The molecule has 6 heteroatoms. The Morgan fingerprint density at radius 2 is 1.12 bits per heavy atom. The van der Waals surface area contributed by atoms with E-state index >= 15 is 0 Å². The van der Waals surface area contributed by atoms with Crippen molar-refractivity contribution in [1.82, 2.24) is 0 Å². The van der Waals surface area contributed by atoms with Crippen LogP contribution in [0.3, 0.4) is 0 Å². The summed E-state index contributed by atoms with van der Waals surface area (Å²) in [7, 11) is -3.84. The molecule has 0 N–H and O–H groups in total. The van der Waals surface area contributed by atoms with E-state index in [1.165, 1.54) is 24.3 Å². The highest BCUT2D eigenvalue weighted by molar-refractivity contribution is 7.91. The van der Waals surface area contributed by atoms with Crippen LogP contribution < -0.4 is 0 Å². The predicted octanol–water partition coefficient (Wildman–Crippen LogP) is 5.27. The van der Waals surface area contributed by atoms with E-state index in [1.807, 2.05) is 0 Å². The Bertz CT molecular complexity index is 965. The van der Waals surface area contributed by atoms with Gasteiger partial charge in [0.15, 0.2) is 9.84 Å². The Morgan fingerprint density at radius 1 is 0.654 bits per heavy atom. The Hall–Kier alpha value is -2.60. The maximum absolute atomic E-state index is 13.2. The second kappa shape index (κ2) is 6.96. The Labute approximate surface area is 149 Å². The van der Waals surface area contributed by atoms with Crippen LogP contribution in [0.2, 0.25) is 0 Å². The number of rotatable bonds is 4. The molecule has 3 aromatic rings. The third-order valence-electron chi connectivity index (χ3n) is 4.03. The van der Waals surface area contributed by atoms with Crippen LogP contribution in [0.1, 0.15) is 21.9 Å². The predicted molar refractivity (Wildman–Crippen MR) is 93.4 cm³/mol. The van der Waals surface area contributed by atoms with Crippen molar-refractivity contribution < 1.29 is 21.6 Å². The van der Waals surface area contributed by atoms with Gasteiger partial charge in [-0.15, -0.1) is 0 Å². The first kappa shape index (κ1) is 18.2. The molecule has 0 aromatic heterocycles. The quantitative estimate of drug-likeness (QED) is 0.622. The molecule has 1 atom stereocenters. The summed E-state index contributed by atoms with van der Waals surface area (Å²) < 4.78 is 64.9. The van der Waals surface area contributed by atoms with Crippen LogP contribution in [-0.4, -0.2) is 8.42 Å². The molecule has 0 amide bonds. The van der Waals surface area contributed by atoms with E-state index in [1.54, 1.807) is 48.5 Å². The third-order valence-corrected chi connectivity index (χ3v) is 6.12. The van der Waals surface area contributed by atoms with Gasteiger partial charge in [-0.2, -0.15) is 13.2 Å². The first-order chi connectivity index (χ1) is 12.3. The van der Waals surface area contributed by atoms with E-state index in [0.29, 0.717) is 5.56 Å². The Morgan fingerprint density at radius 3 is 1.62 bits per heavy atom. The highest BCUT2D eigenvalue weighted by atomic mass is 32.2. The van der Waals surface area contributed by atoms with Crippen molar-refractivity contribution in [3.8, 4) is 0 Å². The summed E-state index contributed by atoms with van der Waals surface area (Å²) in [5, 5.41) is -1.09. The minimum Gasteiger partial charge on any atom is -0.223 e. The fourth-order valence-corrected chi connectivity index (χ4v) is 4.61. The average Bonchev–Trinajstić information content (AvgIpc) is 2.63. The molecule has 1 unspecified atom stereocenters. The second-order valence-corrected chi connectivity index (χ2v) is 7.80. The van der Waals surface area contributed by atoms with E-state index in [-0.39, 0.29) is 10.5 Å². The minimum atomic E-state index is -4.47. The molecule has 26 heavy (non-hydrogen) atoms. The van der Waals surface area contributed by atoms with Gasteiger partial charge in [-0.25, -0.2) is 8.42 Å². The first-order valence-electron chi connectivity index (χ1n) is 7.81. The van der Waals surface area contributed by atoms with Crippen LogP contribution >= 0.6 is 0 Å². The molecule has 3 aromatic carbocycles. The zero-order valence-corrected chi connectivity index (χ0v) is 14.3. The van der Waals surface area contributed by atoms with E-state index < -0.39 is 26.8 Å². The summed E-state index contributed by atoms with van der Waals surface area (Å²) in [5.74, 6) is 0. The molecule has 0 aliphatic rings. The van der Waals surface area contributed by atoms with E-state index in [4.69, 9.17) is 0 Å². The lowest BCUT2D eigenvalue weighted by molar-refractivity contribution is -0.137. The van der Waals surface area contributed by atoms with Crippen molar-refractivity contribution in [3.63, 3.8) is 0 Å². The average molecular weight is 376 g/mol. The first-order valence-corrected chi connectivity index (χ1v) is 9.36. The number of alkyl halides is 3. The molecular weight excluding hydrogens is 361 g/mol. The van der Waals surface area contributed by atoms with Gasteiger partial charge in [0.1, 0.15) is 5.25 Å². The van der Waals surface area contributed by atoms with Crippen LogP contribution in [0.4, 0.5) is 13.2 Å². The maximum Gasteiger partial charge on any atom is 0.416 e. The molecular formula is C20H15F3O2S. The Kier molecular flexibility index (Phi) is 4.87. The van der Waals surface area contributed by atoms with Crippen LogP contribution in [0.5, 0.6) is 0 Å². The van der Waals surface area contributed by atoms with Crippen LogP contribution in [0.25, 0.3) is 0 Å².